The van der Waals surface area contributed by atoms with Crippen LogP contribution >= 0.6 is 11.6 Å². The van der Waals surface area contributed by atoms with E-state index in [9.17, 15) is 13.2 Å². The largest absolute Gasteiger partial charge is 0.495 e. The molecule has 6 nitrogen and oxygen atoms in total. The second kappa shape index (κ2) is 7.11. The van der Waals surface area contributed by atoms with Gasteiger partial charge in [0.05, 0.1) is 23.6 Å². The maximum absolute atomic E-state index is 12.4. The van der Waals surface area contributed by atoms with Crippen LogP contribution in [0.4, 0.5) is 0 Å². The SMILES string of the molecule is COc1ccc(S(=O)(=O)N(C)CC(=O)NC(C)C)cc1Cl. The lowest BCUT2D eigenvalue weighted by molar-refractivity contribution is -0.121. The number of hydrogen-bond acceptors (Lipinski definition) is 4. The van der Waals surface area contributed by atoms with Crippen LogP contribution in [0.3, 0.4) is 0 Å². The molecule has 1 aromatic rings. The highest BCUT2D eigenvalue weighted by Gasteiger charge is 2.24. The van der Waals surface area contributed by atoms with E-state index in [2.05, 4.69) is 5.32 Å². The molecule has 0 fully saturated rings. The summed E-state index contributed by atoms with van der Waals surface area (Å²) < 4.78 is 30.7. The van der Waals surface area contributed by atoms with Gasteiger partial charge in [0.15, 0.2) is 0 Å². The van der Waals surface area contributed by atoms with Crippen LogP contribution in [0.15, 0.2) is 23.1 Å². The Bertz CT molecular complexity index is 617. The van der Waals surface area contributed by atoms with Crippen LogP contribution < -0.4 is 10.1 Å². The van der Waals surface area contributed by atoms with E-state index in [0.29, 0.717) is 5.75 Å². The Hall–Kier alpha value is -1.31. The number of rotatable bonds is 6. The molecule has 0 saturated carbocycles. The van der Waals surface area contributed by atoms with Crippen LogP contribution in [-0.4, -0.2) is 45.4 Å². The highest BCUT2D eigenvalue weighted by atomic mass is 35.5. The Balaban J connectivity index is 2.94. The van der Waals surface area contributed by atoms with Crippen molar-refractivity contribution in [1.82, 2.24) is 9.62 Å². The molecule has 0 aliphatic carbocycles. The predicted molar refractivity (Wildman–Crippen MR) is 81.1 cm³/mol. The topological polar surface area (TPSA) is 75.7 Å². The van der Waals surface area contributed by atoms with E-state index in [-0.39, 0.29) is 28.4 Å². The van der Waals surface area contributed by atoms with Gasteiger partial charge in [-0.3, -0.25) is 4.79 Å². The van der Waals surface area contributed by atoms with Crippen molar-refractivity contribution in [3.05, 3.63) is 23.2 Å². The van der Waals surface area contributed by atoms with Crippen LogP contribution in [-0.2, 0) is 14.8 Å². The van der Waals surface area contributed by atoms with Crippen LogP contribution in [0, 0.1) is 0 Å². The second-order valence-electron chi connectivity index (χ2n) is 4.78. The fourth-order valence-electron chi connectivity index (χ4n) is 1.64. The maximum Gasteiger partial charge on any atom is 0.243 e. The van der Waals surface area contributed by atoms with Gasteiger partial charge in [0.2, 0.25) is 15.9 Å². The number of sulfonamides is 1. The number of halogens is 1. The van der Waals surface area contributed by atoms with Gasteiger partial charge in [-0.05, 0) is 32.0 Å². The van der Waals surface area contributed by atoms with Gasteiger partial charge in [-0.15, -0.1) is 0 Å². The first-order chi connectivity index (χ1) is 9.68. The summed E-state index contributed by atoms with van der Waals surface area (Å²) in [7, 11) is -1.00. The standard InChI is InChI=1S/C13H19ClN2O4S/c1-9(2)15-13(17)8-16(3)21(18,19)10-5-6-12(20-4)11(14)7-10/h5-7,9H,8H2,1-4H3,(H,15,17). The molecule has 118 valence electrons. The van der Waals surface area contributed by atoms with Crippen molar-refractivity contribution < 1.29 is 17.9 Å². The minimum absolute atomic E-state index is 0.00754. The molecule has 0 spiro atoms. The summed E-state index contributed by atoms with van der Waals surface area (Å²) in [6, 6.07) is 4.10. The Morgan fingerprint density at radius 1 is 1.43 bits per heavy atom. The zero-order valence-corrected chi connectivity index (χ0v) is 14.0. The molecular formula is C13H19ClN2O4S. The summed E-state index contributed by atoms with van der Waals surface area (Å²) in [6.07, 6.45) is 0. The molecule has 0 aliphatic heterocycles. The second-order valence-corrected chi connectivity index (χ2v) is 7.23. The number of carbonyl (C=O) groups excluding carboxylic acids is 1. The number of amides is 1. The van der Waals surface area contributed by atoms with Crippen LogP contribution in [0.5, 0.6) is 5.75 Å². The third kappa shape index (κ3) is 4.59. The predicted octanol–water partition coefficient (Wildman–Crippen LogP) is 1.49. The molecule has 8 heteroatoms. The van der Waals surface area contributed by atoms with E-state index in [4.69, 9.17) is 16.3 Å². The van der Waals surface area contributed by atoms with Crippen molar-refractivity contribution in [2.45, 2.75) is 24.8 Å². The quantitative estimate of drug-likeness (QED) is 0.855. The van der Waals surface area contributed by atoms with E-state index in [0.717, 1.165) is 4.31 Å². The summed E-state index contributed by atoms with van der Waals surface area (Å²) in [5.41, 5.74) is 0. The normalized spacial score (nSPS) is 11.8. The molecule has 1 amide bonds. The molecule has 0 aliphatic rings. The molecule has 0 aromatic heterocycles. The average Bonchev–Trinajstić information content (AvgIpc) is 2.37. The number of likely N-dealkylation sites (N-methyl/N-ethyl adjacent to an activating group) is 1. The highest BCUT2D eigenvalue weighted by Crippen LogP contribution is 2.27. The lowest BCUT2D eigenvalue weighted by Gasteiger charge is -2.18. The van der Waals surface area contributed by atoms with Crippen molar-refractivity contribution in [3.8, 4) is 5.75 Å². The molecule has 1 aromatic carbocycles. The van der Waals surface area contributed by atoms with E-state index in [1.165, 1.54) is 32.4 Å². The van der Waals surface area contributed by atoms with E-state index >= 15 is 0 Å². The third-order valence-electron chi connectivity index (χ3n) is 2.65. The van der Waals surface area contributed by atoms with E-state index in [1.807, 2.05) is 0 Å². The van der Waals surface area contributed by atoms with Gasteiger partial charge in [-0.2, -0.15) is 4.31 Å². The number of benzene rings is 1. The van der Waals surface area contributed by atoms with Gasteiger partial charge in [0.1, 0.15) is 5.75 Å². The zero-order valence-electron chi connectivity index (χ0n) is 12.4. The Kier molecular flexibility index (Phi) is 6.00. The smallest absolute Gasteiger partial charge is 0.243 e. The number of nitrogens with zero attached hydrogens (tertiary/aromatic N) is 1. The minimum Gasteiger partial charge on any atom is -0.495 e. The molecule has 1 rings (SSSR count). The van der Waals surface area contributed by atoms with Gasteiger partial charge in [0.25, 0.3) is 0 Å². The van der Waals surface area contributed by atoms with E-state index in [1.54, 1.807) is 13.8 Å². The lowest BCUT2D eigenvalue weighted by atomic mass is 10.3. The van der Waals surface area contributed by atoms with Gasteiger partial charge in [0, 0.05) is 13.1 Å². The van der Waals surface area contributed by atoms with Crippen LogP contribution in [0.25, 0.3) is 0 Å². The Morgan fingerprint density at radius 2 is 2.05 bits per heavy atom. The number of ether oxygens (including phenoxy) is 1. The molecular weight excluding hydrogens is 316 g/mol. The third-order valence-corrected chi connectivity index (χ3v) is 4.74. The Morgan fingerprint density at radius 3 is 2.52 bits per heavy atom. The molecule has 1 N–H and O–H groups in total. The van der Waals surface area contributed by atoms with Crippen molar-refractivity contribution in [2.75, 3.05) is 20.7 Å². The van der Waals surface area contributed by atoms with Crippen molar-refractivity contribution in [2.24, 2.45) is 0 Å². The van der Waals surface area contributed by atoms with Crippen molar-refractivity contribution in [1.29, 1.82) is 0 Å². The summed E-state index contributed by atoms with van der Waals surface area (Å²) >= 11 is 5.93. The average molecular weight is 335 g/mol. The first-order valence-electron chi connectivity index (χ1n) is 6.27. The van der Waals surface area contributed by atoms with Crippen LogP contribution in [0.2, 0.25) is 5.02 Å². The summed E-state index contributed by atoms with van der Waals surface area (Å²) in [5, 5.41) is 2.83. The zero-order chi connectivity index (χ0) is 16.2. The highest BCUT2D eigenvalue weighted by molar-refractivity contribution is 7.89. The fourth-order valence-corrected chi connectivity index (χ4v) is 3.12. The number of hydrogen-bond donors (Lipinski definition) is 1. The maximum atomic E-state index is 12.4. The van der Waals surface area contributed by atoms with Crippen molar-refractivity contribution >= 4 is 27.5 Å². The molecule has 0 atom stereocenters. The van der Waals surface area contributed by atoms with Crippen LogP contribution in [0.1, 0.15) is 13.8 Å². The summed E-state index contributed by atoms with van der Waals surface area (Å²) in [4.78, 5) is 11.7. The first-order valence-corrected chi connectivity index (χ1v) is 8.09. The van der Waals surface area contributed by atoms with Gasteiger partial charge in [-0.25, -0.2) is 8.42 Å². The number of methoxy groups -OCH3 is 1. The number of nitrogens with one attached hydrogen (secondary N) is 1. The fraction of sp³-hybridized carbons (Fsp3) is 0.462. The molecule has 0 heterocycles. The lowest BCUT2D eigenvalue weighted by Crippen LogP contribution is -2.40. The molecule has 21 heavy (non-hydrogen) atoms. The van der Waals surface area contributed by atoms with E-state index < -0.39 is 10.0 Å². The van der Waals surface area contributed by atoms with Gasteiger partial charge >= 0.3 is 0 Å². The summed E-state index contributed by atoms with van der Waals surface area (Å²) in [6.45, 7) is 3.34. The van der Waals surface area contributed by atoms with Crippen molar-refractivity contribution in [3.63, 3.8) is 0 Å². The van der Waals surface area contributed by atoms with Gasteiger partial charge in [-0.1, -0.05) is 11.6 Å². The monoisotopic (exact) mass is 334 g/mol. The molecule has 0 bridgehead atoms. The molecule has 0 unspecified atom stereocenters. The molecule has 0 saturated heterocycles. The Labute approximate surface area is 130 Å². The molecule has 0 radical (unpaired) electrons. The minimum atomic E-state index is -3.78. The number of carbonyl (C=O) groups is 1. The first kappa shape index (κ1) is 17.7. The summed E-state index contributed by atoms with van der Waals surface area (Å²) in [5.74, 6) is 0.0199. The van der Waals surface area contributed by atoms with Gasteiger partial charge < -0.3 is 10.1 Å².